The summed E-state index contributed by atoms with van der Waals surface area (Å²) in [5.74, 6) is 0.00385. The van der Waals surface area contributed by atoms with Crippen molar-refractivity contribution < 1.29 is 18.0 Å². The van der Waals surface area contributed by atoms with Crippen LogP contribution in [0.3, 0.4) is 0 Å². The van der Waals surface area contributed by atoms with E-state index in [0.717, 1.165) is 30.8 Å². The van der Waals surface area contributed by atoms with Crippen LogP contribution in [-0.2, 0) is 12.6 Å². The van der Waals surface area contributed by atoms with Crippen molar-refractivity contribution in [1.82, 2.24) is 9.97 Å². The minimum absolute atomic E-state index is 0.219. The highest BCUT2D eigenvalue weighted by molar-refractivity contribution is 6.03. The average molecular weight is 384 g/mol. The lowest BCUT2D eigenvalue weighted by Gasteiger charge is -2.17. The summed E-state index contributed by atoms with van der Waals surface area (Å²) in [7, 11) is 0. The quantitative estimate of drug-likeness (QED) is 0.725. The van der Waals surface area contributed by atoms with E-state index in [1.54, 1.807) is 0 Å². The van der Waals surface area contributed by atoms with Crippen molar-refractivity contribution in [3.63, 3.8) is 0 Å². The first-order valence-corrected chi connectivity index (χ1v) is 8.58. The van der Waals surface area contributed by atoms with Gasteiger partial charge < -0.3 is 10.2 Å². The van der Waals surface area contributed by atoms with Crippen LogP contribution in [0, 0.1) is 0 Å². The maximum Gasteiger partial charge on any atom is 0.416 e. The van der Waals surface area contributed by atoms with E-state index in [0.29, 0.717) is 5.95 Å². The Morgan fingerprint density at radius 2 is 1.68 bits per heavy atom. The van der Waals surface area contributed by atoms with E-state index >= 15 is 0 Å². The number of anilines is 3. The molecule has 3 aromatic rings. The fourth-order valence-electron chi connectivity index (χ4n) is 3.07. The van der Waals surface area contributed by atoms with Crippen LogP contribution in [0.1, 0.15) is 21.5 Å². The molecule has 5 nitrogen and oxygen atoms in total. The number of carbonyl (C=O) groups is 1. The van der Waals surface area contributed by atoms with Crippen molar-refractivity contribution in [2.75, 3.05) is 16.8 Å². The van der Waals surface area contributed by atoms with Gasteiger partial charge in [-0.1, -0.05) is 18.2 Å². The van der Waals surface area contributed by atoms with Gasteiger partial charge in [0.1, 0.15) is 0 Å². The highest BCUT2D eigenvalue weighted by atomic mass is 19.4. The van der Waals surface area contributed by atoms with Crippen LogP contribution in [0.15, 0.2) is 60.9 Å². The van der Waals surface area contributed by atoms with E-state index in [2.05, 4.69) is 21.4 Å². The summed E-state index contributed by atoms with van der Waals surface area (Å²) in [5.41, 5.74) is 1.97. The predicted octanol–water partition coefficient (Wildman–Crippen LogP) is 4.44. The van der Waals surface area contributed by atoms with Crippen molar-refractivity contribution in [3.05, 3.63) is 77.6 Å². The van der Waals surface area contributed by atoms with Crippen molar-refractivity contribution in [2.24, 2.45) is 0 Å². The fraction of sp³-hybridized carbons (Fsp3) is 0.150. The van der Waals surface area contributed by atoms with Gasteiger partial charge in [0.2, 0.25) is 5.95 Å². The number of hydrogen-bond acceptors (Lipinski definition) is 4. The number of hydrogen-bond donors (Lipinski definition) is 1. The summed E-state index contributed by atoms with van der Waals surface area (Å²) in [6, 6.07) is 12.2. The first-order valence-electron chi connectivity index (χ1n) is 8.58. The third-order valence-corrected chi connectivity index (χ3v) is 4.50. The zero-order valence-corrected chi connectivity index (χ0v) is 14.6. The second-order valence-corrected chi connectivity index (χ2v) is 6.33. The number of benzene rings is 2. The second-order valence-electron chi connectivity index (χ2n) is 6.33. The Morgan fingerprint density at radius 1 is 1.00 bits per heavy atom. The van der Waals surface area contributed by atoms with Crippen molar-refractivity contribution in [2.45, 2.75) is 12.6 Å². The van der Waals surface area contributed by atoms with Gasteiger partial charge in [-0.05, 0) is 42.3 Å². The average Bonchev–Trinajstić information content (AvgIpc) is 3.12. The minimum atomic E-state index is -4.42. The Bertz CT molecular complexity index is 1000. The van der Waals surface area contributed by atoms with Crippen LogP contribution in [0.4, 0.5) is 30.5 Å². The van der Waals surface area contributed by atoms with Gasteiger partial charge in [-0.3, -0.25) is 4.79 Å². The van der Waals surface area contributed by atoms with Gasteiger partial charge >= 0.3 is 6.18 Å². The van der Waals surface area contributed by atoms with Crippen LogP contribution < -0.4 is 10.2 Å². The monoisotopic (exact) mass is 384 g/mol. The molecular formula is C20H15F3N4O. The molecular weight excluding hydrogens is 369 g/mol. The van der Waals surface area contributed by atoms with Crippen molar-refractivity contribution >= 4 is 23.2 Å². The first-order chi connectivity index (χ1) is 13.4. The number of nitrogens with one attached hydrogen (secondary N) is 1. The number of para-hydroxylation sites is 1. The molecule has 1 aromatic heterocycles. The maximum atomic E-state index is 12.6. The Balaban J connectivity index is 1.46. The van der Waals surface area contributed by atoms with Gasteiger partial charge in [0.05, 0.1) is 11.1 Å². The molecule has 2 heterocycles. The van der Waals surface area contributed by atoms with Crippen LogP contribution in [0.2, 0.25) is 0 Å². The summed E-state index contributed by atoms with van der Waals surface area (Å²) >= 11 is 0. The molecule has 28 heavy (non-hydrogen) atoms. The van der Waals surface area contributed by atoms with Crippen LogP contribution in [-0.4, -0.2) is 22.4 Å². The molecule has 0 atom stereocenters. The number of alkyl halides is 3. The largest absolute Gasteiger partial charge is 0.416 e. The van der Waals surface area contributed by atoms with Crippen LogP contribution in [0.5, 0.6) is 0 Å². The molecule has 1 amide bonds. The number of carbonyl (C=O) groups excluding carboxylic acids is 1. The topological polar surface area (TPSA) is 58.1 Å². The Labute approximate surface area is 158 Å². The van der Waals surface area contributed by atoms with Gasteiger partial charge in [-0.15, -0.1) is 0 Å². The van der Waals surface area contributed by atoms with Gasteiger partial charge in [0.25, 0.3) is 5.91 Å². The number of fused-ring (bicyclic) bond motifs is 1. The van der Waals surface area contributed by atoms with Crippen LogP contribution >= 0.6 is 0 Å². The molecule has 1 N–H and O–H groups in total. The molecule has 0 saturated carbocycles. The fourth-order valence-corrected chi connectivity index (χ4v) is 3.07. The van der Waals surface area contributed by atoms with E-state index in [1.807, 2.05) is 23.1 Å². The Kier molecular flexibility index (Phi) is 4.46. The molecule has 4 rings (SSSR count). The Morgan fingerprint density at radius 3 is 2.36 bits per heavy atom. The normalized spacial score (nSPS) is 13.3. The zero-order valence-electron chi connectivity index (χ0n) is 14.6. The first kappa shape index (κ1) is 18.0. The molecule has 0 unspecified atom stereocenters. The summed E-state index contributed by atoms with van der Waals surface area (Å²) in [4.78, 5) is 22.8. The number of amides is 1. The van der Waals surface area contributed by atoms with E-state index in [9.17, 15) is 18.0 Å². The molecule has 0 saturated heterocycles. The number of halogens is 3. The van der Waals surface area contributed by atoms with Gasteiger partial charge in [0, 0.05) is 30.3 Å². The Hall–Kier alpha value is -3.42. The molecule has 0 spiro atoms. The molecule has 0 bridgehead atoms. The number of aromatic nitrogens is 2. The van der Waals surface area contributed by atoms with Crippen LogP contribution in [0.25, 0.3) is 0 Å². The van der Waals surface area contributed by atoms with E-state index in [-0.39, 0.29) is 11.3 Å². The van der Waals surface area contributed by atoms with Gasteiger partial charge in [-0.25, -0.2) is 9.97 Å². The summed E-state index contributed by atoms with van der Waals surface area (Å²) in [6.45, 7) is 0.760. The summed E-state index contributed by atoms with van der Waals surface area (Å²) in [5, 5.41) is 2.54. The molecule has 0 aliphatic carbocycles. The van der Waals surface area contributed by atoms with Crippen molar-refractivity contribution in [3.8, 4) is 0 Å². The SMILES string of the molecule is O=C(Nc1ccc(C(F)(F)F)cc1)c1cnc(N2CCc3ccccc32)nc1. The second kappa shape index (κ2) is 6.95. The lowest BCUT2D eigenvalue weighted by Crippen LogP contribution is -2.18. The van der Waals surface area contributed by atoms with E-state index in [4.69, 9.17) is 0 Å². The summed E-state index contributed by atoms with van der Waals surface area (Å²) in [6.07, 6.45) is -0.707. The zero-order chi connectivity index (χ0) is 19.7. The van der Waals surface area contributed by atoms with E-state index < -0.39 is 17.6 Å². The smallest absolute Gasteiger partial charge is 0.322 e. The molecule has 0 radical (unpaired) electrons. The molecule has 0 fully saturated rings. The highest BCUT2D eigenvalue weighted by Gasteiger charge is 2.30. The van der Waals surface area contributed by atoms with Crippen molar-refractivity contribution in [1.29, 1.82) is 0 Å². The minimum Gasteiger partial charge on any atom is -0.322 e. The van der Waals surface area contributed by atoms with Gasteiger partial charge in [0.15, 0.2) is 0 Å². The third kappa shape index (κ3) is 3.53. The lowest BCUT2D eigenvalue weighted by atomic mass is 10.2. The standard InChI is InChI=1S/C20H15F3N4O/c21-20(22,23)15-5-7-16(8-6-15)26-18(28)14-11-24-19(25-12-14)27-10-9-13-3-1-2-4-17(13)27/h1-8,11-12H,9-10H2,(H,26,28). The lowest BCUT2D eigenvalue weighted by molar-refractivity contribution is -0.137. The third-order valence-electron chi connectivity index (χ3n) is 4.50. The molecule has 2 aromatic carbocycles. The number of rotatable bonds is 3. The molecule has 1 aliphatic rings. The summed E-state index contributed by atoms with van der Waals surface area (Å²) < 4.78 is 37.8. The molecule has 142 valence electrons. The predicted molar refractivity (Wildman–Crippen MR) is 98.6 cm³/mol. The maximum absolute atomic E-state index is 12.6. The molecule has 8 heteroatoms. The van der Waals surface area contributed by atoms with Gasteiger partial charge in [-0.2, -0.15) is 13.2 Å². The van der Waals surface area contributed by atoms with E-state index in [1.165, 1.54) is 30.1 Å². The molecule has 1 aliphatic heterocycles. The highest BCUT2D eigenvalue weighted by Crippen LogP contribution is 2.32. The number of nitrogens with zero attached hydrogens (tertiary/aromatic N) is 3.